The standard InChI is InChI=1S/C9H13.C4H10N.C2H6Si.CH3Cl.Ti/c1-6-5-7(2)9(4)8(6)3;1-4(2,3)5;1-3-2;1-2;/h5H,1-4H3;5H,1-3H3;1-2H3;1H3;/q2*-1;;;+2. The van der Waals surface area contributed by atoms with E-state index in [9.17, 15) is 0 Å². The molecule has 20 heavy (non-hydrogen) atoms. The van der Waals surface area contributed by atoms with Gasteiger partial charge in [0.2, 0.25) is 0 Å². The first-order chi connectivity index (χ1) is 8.86. The van der Waals surface area contributed by atoms with Gasteiger partial charge in [0.05, 0.1) is 0 Å². The van der Waals surface area contributed by atoms with Crippen molar-refractivity contribution in [2.75, 3.05) is 6.38 Å². The van der Waals surface area contributed by atoms with Gasteiger partial charge in [-0.3, -0.25) is 0 Å². The Morgan fingerprint density at radius 1 is 1.15 bits per heavy atom. The van der Waals surface area contributed by atoms with E-state index >= 15 is 0 Å². The van der Waals surface area contributed by atoms with Gasteiger partial charge in [-0.1, -0.05) is 48.5 Å². The smallest absolute Gasteiger partial charge is 0.0630 e. The summed E-state index contributed by atoms with van der Waals surface area (Å²) in [5, 5.41) is 0. The van der Waals surface area contributed by atoms with Gasteiger partial charge in [0.1, 0.15) is 0 Å². The molecule has 0 saturated heterocycles. The van der Waals surface area contributed by atoms with E-state index in [0.717, 1.165) is 0 Å². The van der Waals surface area contributed by atoms with Gasteiger partial charge in [0, 0.05) is 6.38 Å². The van der Waals surface area contributed by atoms with Gasteiger partial charge in [-0.05, 0) is 0 Å². The maximum Gasteiger partial charge on any atom is -0.0630 e. The minimum absolute atomic E-state index is 0.120. The number of alkyl halides is 1. The first kappa shape index (κ1) is 25.5. The number of nitrogens with one attached hydrogen (secondary N) is 1. The second-order valence-electron chi connectivity index (χ2n) is 6.01. The summed E-state index contributed by atoms with van der Waals surface area (Å²) in [6.45, 7) is 18.8. The van der Waals surface area contributed by atoms with Gasteiger partial charge in [-0.15, -0.1) is 17.1 Å². The average molecular weight is 350 g/mol. The Bertz CT molecular complexity index is 346. The SMILES string of the molecule is CC(C)(C)[NH-].CCl.C[Si](C)=[Ti+2].Cc1c[c-](C)c(C)c1C. The number of aryl methyl sites for hydroxylation is 2. The normalized spacial score (nSPS) is 9.30. The molecule has 116 valence electrons. The van der Waals surface area contributed by atoms with Crippen LogP contribution in [0, 0.1) is 27.7 Å². The van der Waals surface area contributed by atoms with Crippen LogP contribution in [0.2, 0.25) is 13.1 Å². The maximum absolute atomic E-state index is 6.94. The number of hydrogen-bond donors (Lipinski definition) is 0. The van der Waals surface area contributed by atoms with E-state index in [0.29, 0.717) is 0 Å². The Morgan fingerprint density at radius 3 is 1.45 bits per heavy atom. The third kappa shape index (κ3) is 20.8. The molecule has 0 unspecified atom stereocenters. The summed E-state index contributed by atoms with van der Waals surface area (Å²) in [4.78, 5) is 0. The van der Waals surface area contributed by atoms with E-state index in [-0.39, 0.29) is 11.7 Å². The molecule has 0 aromatic heterocycles. The molecule has 0 saturated carbocycles. The Hall–Kier alpha value is 0.531. The zero-order valence-electron chi connectivity index (χ0n) is 15.0. The summed E-state index contributed by atoms with van der Waals surface area (Å²) in [6, 6.07) is 2.24. The second kappa shape index (κ2) is 13.2. The molecule has 0 aliphatic carbocycles. The second-order valence-corrected chi connectivity index (χ2v) is 12.7. The zero-order chi connectivity index (χ0) is 17.1. The van der Waals surface area contributed by atoms with Gasteiger partial charge in [-0.2, -0.15) is 28.3 Å². The number of rotatable bonds is 0. The minimum Gasteiger partial charge on any atom is -0.199 e. The Morgan fingerprint density at radius 2 is 1.40 bits per heavy atom. The molecule has 4 heteroatoms. The molecule has 0 bridgehead atoms. The molecule has 0 spiro atoms. The first-order valence-electron chi connectivity index (χ1n) is 6.71. The van der Waals surface area contributed by atoms with Crippen LogP contribution in [0.5, 0.6) is 0 Å². The summed E-state index contributed by atoms with van der Waals surface area (Å²) in [7, 11) is 0. The molecule has 0 aliphatic heterocycles. The molecule has 1 aromatic rings. The van der Waals surface area contributed by atoms with Crippen LogP contribution in [0.4, 0.5) is 0 Å². The predicted octanol–water partition coefficient (Wildman–Crippen LogP) is 6.12. The quantitative estimate of drug-likeness (QED) is 0.306. The van der Waals surface area contributed by atoms with Crippen molar-refractivity contribution in [1.82, 2.24) is 0 Å². The van der Waals surface area contributed by atoms with Gasteiger partial charge < -0.3 is 5.73 Å². The molecule has 1 nitrogen and oxygen atoms in total. The van der Waals surface area contributed by atoms with Gasteiger partial charge >= 0.3 is 38.5 Å². The van der Waals surface area contributed by atoms with Crippen molar-refractivity contribution >= 4 is 17.8 Å². The van der Waals surface area contributed by atoms with Crippen LogP contribution in [0.3, 0.4) is 0 Å². The van der Waals surface area contributed by atoms with E-state index in [2.05, 4.69) is 77.6 Å². The van der Waals surface area contributed by atoms with E-state index < -0.39 is 0 Å². The van der Waals surface area contributed by atoms with Crippen LogP contribution in [0.1, 0.15) is 43.0 Å². The first-order valence-corrected chi connectivity index (χ1v) is 12.3. The molecular weight excluding hydrogens is 318 g/mol. The van der Waals surface area contributed by atoms with Crippen molar-refractivity contribution < 1.29 is 19.2 Å². The minimum atomic E-state index is -0.250. The Labute approximate surface area is 144 Å². The van der Waals surface area contributed by atoms with Crippen molar-refractivity contribution in [3.63, 3.8) is 0 Å². The fraction of sp³-hybridized carbons (Fsp3) is 0.688. The molecule has 0 aliphatic rings. The topological polar surface area (TPSA) is 23.8 Å². The van der Waals surface area contributed by atoms with Crippen molar-refractivity contribution in [1.29, 1.82) is 0 Å². The molecule has 0 radical (unpaired) electrons. The van der Waals surface area contributed by atoms with Gasteiger partial charge in [0.15, 0.2) is 0 Å². The largest absolute Gasteiger partial charge is 0.199 e. The molecule has 0 atom stereocenters. The van der Waals surface area contributed by atoms with Crippen LogP contribution in [0.15, 0.2) is 6.07 Å². The summed E-state index contributed by atoms with van der Waals surface area (Å²) in [5.74, 6) is 0. The third-order valence-corrected chi connectivity index (χ3v) is 2.18. The van der Waals surface area contributed by atoms with E-state index in [1.54, 1.807) is 0 Å². The summed E-state index contributed by atoms with van der Waals surface area (Å²) in [6.07, 6.45) is 1.59. The van der Waals surface area contributed by atoms with Crippen molar-refractivity contribution in [3.8, 4) is 0 Å². The molecule has 1 N–H and O–H groups in total. The summed E-state index contributed by atoms with van der Waals surface area (Å²) in [5.41, 5.74) is 12.4. The molecule has 1 aromatic carbocycles. The third-order valence-electron chi connectivity index (χ3n) is 2.18. The van der Waals surface area contributed by atoms with Gasteiger partial charge in [-0.25, -0.2) is 0 Å². The fourth-order valence-electron chi connectivity index (χ4n) is 1.13. The van der Waals surface area contributed by atoms with E-state index in [1.165, 1.54) is 28.6 Å². The van der Waals surface area contributed by atoms with Crippen LogP contribution < -0.4 is 0 Å². The number of halogens is 1. The van der Waals surface area contributed by atoms with Crippen molar-refractivity contribution in [3.05, 3.63) is 34.1 Å². The maximum atomic E-state index is 6.94. The molecule has 1 rings (SSSR count). The molecule has 0 amide bonds. The van der Waals surface area contributed by atoms with E-state index in [1.807, 2.05) is 20.8 Å². The molecule has 0 fully saturated rings. The zero-order valence-corrected chi connectivity index (χ0v) is 18.3. The summed E-state index contributed by atoms with van der Waals surface area (Å²) < 4.78 is 0. The molecule has 0 heterocycles. The van der Waals surface area contributed by atoms with Crippen LogP contribution in [-0.4, -0.2) is 18.1 Å². The number of hydrogen-bond acceptors (Lipinski definition) is 0. The monoisotopic (exact) mass is 349 g/mol. The van der Waals surface area contributed by atoms with Crippen LogP contribution in [0.25, 0.3) is 5.73 Å². The Balaban J connectivity index is -0.000000226. The Kier molecular flexibility index (Phi) is 16.8. The molecular formula is C16H32ClNSiTi. The van der Waals surface area contributed by atoms with Crippen LogP contribution in [-0.2, 0) is 19.2 Å². The van der Waals surface area contributed by atoms with Crippen molar-refractivity contribution in [2.45, 2.75) is 67.1 Å². The van der Waals surface area contributed by atoms with Gasteiger partial charge in [0.25, 0.3) is 0 Å². The average Bonchev–Trinajstić information content (AvgIpc) is 2.45. The summed E-state index contributed by atoms with van der Waals surface area (Å²) >= 11 is 6.91. The van der Waals surface area contributed by atoms with Crippen LogP contribution >= 0.6 is 11.6 Å². The fourth-order valence-corrected chi connectivity index (χ4v) is 1.13. The van der Waals surface area contributed by atoms with E-state index in [4.69, 9.17) is 5.73 Å². The predicted molar refractivity (Wildman–Crippen MR) is 94.3 cm³/mol. The van der Waals surface area contributed by atoms with Crippen molar-refractivity contribution in [2.24, 2.45) is 0 Å².